The Morgan fingerprint density at radius 3 is 1.57 bits per heavy atom. The van der Waals surface area contributed by atoms with Crippen molar-refractivity contribution >= 4 is 75.8 Å². The lowest BCUT2D eigenvalue weighted by Crippen LogP contribution is -1.92. The fourth-order valence-corrected chi connectivity index (χ4v) is 6.54. The number of fused-ring (bicyclic) bond motifs is 9. The van der Waals surface area contributed by atoms with E-state index in [1.165, 1.54) is 0 Å². The van der Waals surface area contributed by atoms with Crippen LogP contribution in [0.3, 0.4) is 0 Å². The zero-order valence-corrected chi connectivity index (χ0v) is 25.4. The summed E-state index contributed by atoms with van der Waals surface area (Å²) in [6.07, 6.45) is 0. The van der Waals surface area contributed by atoms with Crippen molar-refractivity contribution in [2.24, 2.45) is 0 Å². The van der Waals surface area contributed by atoms with Crippen LogP contribution < -0.4 is 0 Å². The minimum Gasteiger partial charge on any atom is -0.456 e. The molecule has 0 fully saturated rings. The molecule has 0 amide bonds. The number of benzene rings is 10. The molecule has 11 aromatic rings. The van der Waals surface area contributed by atoms with E-state index in [1.807, 2.05) is 0 Å². The summed E-state index contributed by atoms with van der Waals surface area (Å²) >= 11 is 0. The van der Waals surface area contributed by atoms with E-state index < -0.39 is 290 Å². The molecule has 0 unspecified atom stereocenters. The first kappa shape index (κ1) is 11.7. The van der Waals surface area contributed by atoms with Crippen LogP contribution in [0.15, 0.2) is 186 Å². The predicted octanol–water partition coefficient (Wildman–Crippen LogP) is 14.4. The van der Waals surface area contributed by atoms with Crippen molar-refractivity contribution in [2.75, 3.05) is 0 Å². The van der Waals surface area contributed by atoms with Gasteiger partial charge in [0.05, 0.1) is 41.1 Å². The molecule has 1 nitrogen and oxygen atoms in total. The van der Waals surface area contributed by atoms with Gasteiger partial charge >= 0.3 is 0 Å². The minimum absolute atomic E-state index is 0.435. The van der Waals surface area contributed by atoms with Gasteiger partial charge in [0.25, 0.3) is 0 Å². The molecule has 0 saturated carbocycles. The van der Waals surface area contributed by atoms with E-state index in [2.05, 4.69) is 0 Å². The average Bonchev–Trinajstić information content (AvgIpc) is 4.09. The predicted molar refractivity (Wildman–Crippen MR) is 218 cm³/mol. The zero-order valence-electron chi connectivity index (χ0n) is 55.4. The van der Waals surface area contributed by atoms with Gasteiger partial charge in [-0.3, -0.25) is 0 Å². The summed E-state index contributed by atoms with van der Waals surface area (Å²) in [5, 5.41) is -7.95. The third-order valence-corrected chi connectivity index (χ3v) is 8.64. The van der Waals surface area contributed by atoms with Gasteiger partial charge in [-0.05, 0) is 105 Å². The van der Waals surface area contributed by atoms with Crippen molar-refractivity contribution in [1.29, 1.82) is 0 Å². The van der Waals surface area contributed by atoms with Crippen molar-refractivity contribution in [3.05, 3.63) is 181 Å². The van der Waals surface area contributed by atoms with Crippen LogP contribution in [-0.2, 0) is 0 Å². The molecule has 0 atom stereocenters. The topological polar surface area (TPSA) is 13.1 Å². The standard InChI is InChI=1S/C50H30O/c1-3-16-35-31(12-1)14-9-23-39(35)48-43-20-7-5-18-41(43)47(42-19-6-8-21-44(42)48)34-26-28-36-33(30-34)15-10-22-38(36)40-24-11-25-45-50(40)49-37-17-4-2-13-32(37)27-29-46(49)51-45/h1-30H/i1D,2D,3D,4D,5D,6D,7D,8D,9D,10D,11D,12D,13D,14D,15D,16D,17D,18D,19D,20D,21D,22D,23D,24D,25D,26D,27D,28D,29D,30D. The maximum atomic E-state index is 10.1. The maximum Gasteiger partial charge on any atom is 0.136 e. The van der Waals surface area contributed by atoms with Crippen LogP contribution in [0.25, 0.3) is 109 Å². The molecular weight excluding hydrogens is 617 g/mol. The van der Waals surface area contributed by atoms with E-state index in [0.29, 0.717) is 0 Å². The van der Waals surface area contributed by atoms with Crippen LogP contribution in [-0.4, -0.2) is 0 Å². The number of hydrogen-bond acceptors (Lipinski definition) is 1. The molecular formula is C50H30O. The molecule has 0 saturated heterocycles. The average molecular weight is 677 g/mol. The Labute approximate surface area is 336 Å². The molecule has 0 aliphatic rings. The summed E-state index contributed by atoms with van der Waals surface area (Å²) in [5.41, 5.74) is -5.86. The second-order valence-corrected chi connectivity index (χ2v) is 11.3. The number of rotatable bonds is 3. The summed E-state index contributed by atoms with van der Waals surface area (Å²) in [6, 6.07) is -28.5. The highest BCUT2D eigenvalue weighted by Gasteiger charge is 2.20. The fourth-order valence-electron chi connectivity index (χ4n) is 6.54. The molecule has 10 aromatic carbocycles. The van der Waals surface area contributed by atoms with E-state index in [0.717, 1.165) is 0 Å². The smallest absolute Gasteiger partial charge is 0.136 e. The molecule has 0 radical (unpaired) electrons. The highest BCUT2D eigenvalue weighted by atomic mass is 16.3. The van der Waals surface area contributed by atoms with E-state index in [4.69, 9.17) is 29.1 Å². The van der Waals surface area contributed by atoms with Crippen molar-refractivity contribution in [2.45, 2.75) is 0 Å². The van der Waals surface area contributed by atoms with Gasteiger partial charge in [-0.1, -0.05) is 163 Å². The van der Waals surface area contributed by atoms with Gasteiger partial charge in [-0.15, -0.1) is 0 Å². The van der Waals surface area contributed by atoms with Crippen molar-refractivity contribution in [1.82, 2.24) is 0 Å². The summed E-state index contributed by atoms with van der Waals surface area (Å²) in [7, 11) is 0. The Kier molecular flexibility index (Phi) is 2.50. The Morgan fingerprint density at radius 2 is 0.824 bits per heavy atom. The largest absolute Gasteiger partial charge is 0.456 e. The number of hydrogen-bond donors (Lipinski definition) is 0. The molecule has 0 aliphatic carbocycles. The lowest BCUT2D eigenvalue weighted by molar-refractivity contribution is 0.669. The van der Waals surface area contributed by atoms with Crippen LogP contribution in [0.1, 0.15) is 41.1 Å². The summed E-state index contributed by atoms with van der Waals surface area (Å²) in [5.74, 6) is 0. The zero-order chi connectivity index (χ0) is 59.6. The first-order valence-corrected chi connectivity index (χ1v) is 15.2. The molecule has 0 spiro atoms. The highest BCUT2D eigenvalue weighted by Crippen LogP contribution is 2.47. The van der Waals surface area contributed by atoms with E-state index in [9.17, 15) is 16.4 Å². The molecule has 11 rings (SSSR count). The lowest BCUT2D eigenvalue weighted by Gasteiger charge is -2.19. The van der Waals surface area contributed by atoms with Crippen molar-refractivity contribution in [3.8, 4) is 33.4 Å². The quantitative estimate of drug-likeness (QED) is 0.170. The highest BCUT2D eigenvalue weighted by molar-refractivity contribution is 6.25. The van der Waals surface area contributed by atoms with Gasteiger partial charge in [0.15, 0.2) is 0 Å². The van der Waals surface area contributed by atoms with Crippen LogP contribution >= 0.6 is 0 Å². The van der Waals surface area contributed by atoms with Gasteiger partial charge in [-0.25, -0.2) is 0 Å². The van der Waals surface area contributed by atoms with E-state index >= 15 is 0 Å². The second kappa shape index (κ2) is 10.9. The molecule has 0 aliphatic heterocycles. The molecule has 0 N–H and O–H groups in total. The van der Waals surface area contributed by atoms with Crippen molar-refractivity contribution < 1.29 is 45.5 Å². The van der Waals surface area contributed by atoms with Gasteiger partial charge in [0.1, 0.15) is 11.2 Å². The molecule has 236 valence electrons. The minimum atomic E-state index is -1.14. The Hall–Kier alpha value is -6.70. The SMILES string of the molecule is [2H]c1c([2H])c(-c2c([2H])c([2H])c([2H])c3c([2H])c(-c4c5c([2H])c([2H])c([2H])c([2H])c5c(-c5c([2H])c([2H])c([2H])c6c([2H])c([2H])c([2H])c([2H])c56)c5c([2H])c([2H])c([2H])c([2H])c45)c([2H])c([2H])c23)c2c(oc3c([2H])c([2H])c4c([2H])c([2H])c([2H])c([2H])c4c32)c1[2H]. The Morgan fingerprint density at radius 1 is 0.314 bits per heavy atom. The summed E-state index contributed by atoms with van der Waals surface area (Å²) < 4.78 is 279. The molecule has 1 aromatic heterocycles. The van der Waals surface area contributed by atoms with Gasteiger partial charge in [-0.2, -0.15) is 0 Å². The van der Waals surface area contributed by atoms with Gasteiger partial charge in [0.2, 0.25) is 0 Å². The number of furan rings is 1. The lowest BCUT2D eigenvalue weighted by atomic mass is 9.84. The van der Waals surface area contributed by atoms with Crippen LogP contribution in [0, 0.1) is 0 Å². The van der Waals surface area contributed by atoms with Gasteiger partial charge < -0.3 is 4.42 Å². The third kappa shape index (κ3) is 4.16. The molecule has 51 heavy (non-hydrogen) atoms. The molecule has 1 heterocycles. The normalized spacial score (nSPS) is 20.2. The molecule has 1 heteroatoms. The summed E-state index contributed by atoms with van der Waals surface area (Å²) in [4.78, 5) is 0. The summed E-state index contributed by atoms with van der Waals surface area (Å²) in [6.45, 7) is 0. The first-order chi connectivity index (χ1) is 37.8. The fraction of sp³-hybridized carbons (Fsp3) is 0. The van der Waals surface area contributed by atoms with E-state index in [1.54, 1.807) is 0 Å². The first-order valence-electron chi connectivity index (χ1n) is 30.2. The third-order valence-electron chi connectivity index (χ3n) is 8.64. The van der Waals surface area contributed by atoms with Crippen LogP contribution in [0.4, 0.5) is 0 Å². The van der Waals surface area contributed by atoms with Crippen molar-refractivity contribution in [3.63, 3.8) is 0 Å². The monoisotopic (exact) mass is 676 g/mol. The maximum absolute atomic E-state index is 10.1. The van der Waals surface area contributed by atoms with Crippen LogP contribution in [0.5, 0.6) is 0 Å². The Bertz CT molecular complexity index is 4840. The Balaban J connectivity index is 1.42. The second-order valence-electron chi connectivity index (χ2n) is 11.3. The molecule has 0 bridgehead atoms. The van der Waals surface area contributed by atoms with Gasteiger partial charge in [0, 0.05) is 10.8 Å². The van der Waals surface area contributed by atoms with E-state index in [-0.39, 0.29) is 0 Å². The van der Waals surface area contributed by atoms with Crippen LogP contribution in [0.2, 0.25) is 0 Å².